The SMILES string of the molecule is CCCCCCCCCCc1ccc(-c2ccc(OC(=O)c3ccc(OC(=O)C(Cl)C(C)C)c(Cl)c3)cc2)cc1.CCCCCOc1ccc(-c2ccc(OC(=O)c3ccc(OC(=O)C(Cl)C(C)C)c(Cl)c3)cc2)cc1. The second-order valence-electron chi connectivity index (χ2n) is 19.3. The van der Waals surface area contributed by atoms with Gasteiger partial charge in [0.25, 0.3) is 0 Å². The monoisotopic (exact) mass is 1110 g/mol. The van der Waals surface area contributed by atoms with E-state index in [1.165, 1.54) is 99.7 Å². The molecule has 76 heavy (non-hydrogen) atoms. The van der Waals surface area contributed by atoms with Crippen molar-refractivity contribution in [2.24, 2.45) is 11.8 Å². The summed E-state index contributed by atoms with van der Waals surface area (Å²) in [6.45, 7) is 12.4. The second-order valence-corrected chi connectivity index (χ2v) is 21.0. The highest BCUT2D eigenvalue weighted by Gasteiger charge is 2.24. The first kappa shape index (κ1) is 61.0. The fraction of sp³-hybridized carbons (Fsp3) is 0.365. The van der Waals surface area contributed by atoms with Crippen molar-refractivity contribution in [1.82, 2.24) is 0 Å². The number of carbonyl (C=O) groups is 4. The summed E-state index contributed by atoms with van der Waals surface area (Å²) in [6, 6.07) is 39.9. The zero-order valence-corrected chi connectivity index (χ0v) is 47.4. The topological polar surface area (TPSA) is 114 Å². The lowest BCUT2D eigenvalue weighted by atomic mass is 10.0. The molecule has 0 radical (unpaired) electrons. The van der Waals surface area contributed by atoms with E-state index in [9.17, 15) is 19.2 Å². The van der Waals surface area contributed by atoms with Gasteiger partial charge in [-0.15, -0.1) is 23.2 Å². The molecule has 0 saturated carbocycles. The minimum Gasteiger partial charge on any atom is -0.494 e. The lowest BCUT2D eigenvalue weighted by molar-refractivity contribution is -0.135. The molecule has 13 heteroatoms. The molecule has 0 bridgehead atoms. The number of rotatable bonds is 26. The van der Waals surface area contributed by atoms with Crippen LogP contribution in [0, 0.1) is 11.8 Å². The van der Waals surface area contributed by atoms with Crippen LogP contribution in [0.25, 0.3) is 22.3 Å². The van der Waals surface area contributed by atoms with E-state index in [1.807, 2.05) is 76.2 Å². The number of benzene rings is 6. The molecule has 2 atom stereocenters. The lowest BCUT2D eigenvalue weighted by Crippen LogP contribution is -2.25. The fourth-order valence-electron chi connectivity index (χ4n) is 7.67. The number of aryl methyl sites for hydroxylation is 1. The first-order chi connectivity index (χ1) is 36.6. The van der Waals surface area contributed by atoms with Crippen LogP contribution in [0.1, 0.15) is 138 Å². The summed E-state index contributed by atoms with van der Waals surface area (Å²) in [5.41, 5.74) is 6.01. The van der Waals surface area contributed by atoms with Crippen molar-refractivity contribution in [2.45, 2.75) is 129 Å². The Morgan fingerprint density at radius 1 is 0.421 bits per heavy atom. The quantitative estimate of drug-likeness (QED) is 0.0227. The van der Waals surface area contributed by atoms with Crippen molar-refractivity contribution < 1.29 is 42.9 Å². The Morgan fingerprint density at radius 2 is 0.776 bits per heavy atom. The van der Waals surface area contributed by atoms with Crippen LogP contribution in [0.3, 0.4) is 0 Å². The molecule has 0 aliphatic carbocycles. The fourth-order valence-corrected chi connectivity index (χ4v) is 8.20. The van der Waals surface area contributed by atoms with Gasteiger partial charge in [0.2, 0.25) is 0 Å². The Balaban J connectivity index is 0.000000282. The zero-order valence-electron chi connectivity index (χ0n) is 44.4. The van der Waals surface area contributed by atoms with Gasteiger partial charge in [-0.1, -0.05) is 183 Å². The van der Waals surface area contributed by atoms with E-state index in [4.69, 9.17) is 70.1 Å². The highest BCUT2D eigenvalue weighted by molar-refractivity contribution is 6.34. The first-order valence-electron chi connectivity index (χ1n) is 26.3. The first-order valence-corrected chi connectivity index (χ1v) is 28.0. The van der Waals surface area contributed by atoms with E-state index >= 15 is 0 Å². The van der Waals surface area contributed by atoms with Crippen LogP contribution < -0.4 is 23.7 Å². The Labute approximate surface area is 469 Å². The minimum absolute atomic E-state index is 0.0857. The molecule has 6 rings (SSSR count). The standard InChI is InChI=1S/C34H40Cl2O4.C29H30Cl2O5/c1-4-5-6-7-8-9-10-11-12-25-13-15-26(16-14-25)27-17-20-29(21-18-27)39-33(37)28-19-22-31(30(35)23-28)40-34(38)32(36)24(2)3;1-4-5-6-17-34-23-12-7-20(8-13-23)21-9-14-24(15-10-21)35-28(32)22-11-16-26(25(30)18-22)36-29(33)27(31)19(2)3/h13-24,32H,4-12H2,1-3H3;7-16,18-19,27H,4-6,17H2,1-3H3. The number of carbonyl (C=O) groups excluding carboxylic acids is 4. The molecule has 0 fully saturated rings. The molecule has 0 aliphatic rings. The number of ether oxygens (including phenoxy) is 5. The van der Waals surface area contributed by atoms with Gasteiger partial charge >= 0.3 is 23.9 Å². The molecule has 0 heterocycles. The van der Waals surface area contributed by atoms with E-state index in [0.29, 0.717) is 11.5 Å². The highest BCUT2D eigenvalue weighted by Crippen LogP contribution is 2.31. The second kappa shape index (κ2) is 32.0. The molecule has 404 valence electrons. The summed E-state index contributed by atoms with van der Waals surface area (Å²) in [5, 5.41) is -1.35. The van der Waals surface area contributed by atoms with E-state index < -0.39 is 34.6 Å². The maximum atomic E-state index is 12.7. The molecule has 6 aromatic rings. The van der Waals surface area contributed by atoms with Crippen LogP contribution in [0.2, 0.25) is 10.0 Å². The maximum Gasteiger partial charge on any atom is 0.343 e. The van der Waals surface area contributed by atoms with Crippen LogP contribution >= 0.6 is 46.4 Å². The number of halogens is 4. The number of esters is 4. The Bertz CT molecular complexity index is 2760. The Hall–Kier alpha value is -5.84. The van der Waals surface area contributed by atoms with Crippen molar-refractivity contribution in [3.05, 3.63) is 160 Å². The predicted octanol–water partition coefficient (Wildman–Crippen LogP) is 18.0. The molecule has 0 saturated heterocycles. The van der Waals surface area contributed by atoms with Crippen LogP contribution in [0.4, 0.5) is 0 Å². The van der Waals surface area contributed by atoms with Gasteiger partial charge in [0.15, 0.2) is 0 Å². The molecular formula is C63H70Cl4O9. The van der Waals surface area contributed by atoms with Gasteiger partial charge in [-0.3, -0.25) is 9.59 Å². The molecule has 0 aromatic heterocycles. The third-order valence-corrected chi connectivity index (χ3v) is 14.3. The number of hydrogen-bond acceptors (Lipinski definition) is 9. The molecule has 0 N–H and O–H groups in total. The minimum atomic E-state index is -0.796. The van der Waals surface area contributed by atoms with Crippen molar-refractivity contribution in [2.75, 3.05) is 6.61 Å². The summed E-state index contributed by atoms with van der Waals surface area (Å²) >= 11 is 24.5. The number of alkyl halides is 2. The van der Waals surface area contributed by atoms with Gasteiger partial charge in [0, 0.05) is 0 Å². The molecule has 0 amide bonds. The Morgan fingerprint density at radius 3 is 1.16 bits per heavy atom. The largest absolute Gasteiger partial charge is 0.494 e. The van der Waals surface area contributed by atoms with E-state index in [-0.39, 0.29) is 44.5 Å². The molecule has 2 unspecified atom stereocenters. The van der Waals surface area contributed by atoms with Gasteiger partial charge in [0.05, 0.1) is 27.8 Å². The normalized spacial score (nSPS) is 11.8. The van der Waals surface area contributed by atoms with Crippen LogP contribution in [-0.4, -0.2) is 41.2 Å². The number of hydrogen-bond donors (Lipinski definition) is 0. The van der Waals surface area contributed by atoms with Crippen molar-refractivity contribution >= 4 is 70.3 Å². The van der Waals surface area contributed by atoms with Crippen molar-refractivity contribution in [3.63, 3.8) is 0 Å². The summed E-state index contributed by atoms with van der Waals surface area (Å²) in [4.78, 5) is 49.4. The molecule has 9 nitrogen and oxygen atoms in total. The van der Waals surface area contributed by atoms with Gasteiger partial charge < -0.3 is 23.7 Å². The van der Waals surface area contributed by atoms with Gasteiger partial charge in [-0.25, -0.2) is 9.59 Å². The predicted molar refractivity (Wildman–Crippen MR) is 308 cm³/mol. The van der Waals surface area contributed by atoms with Gasteiger partial charge in [0.1, 0.15) is 39.5 Å². The summed E-state index contributed by atoms with van der Waals surface area (Å²) < 4.78 is 27.3. The van der Waals surface area contributed by atoms with E-state index in [2.05, 4.69) is 38.1 Å². The van der Waals surface area contributed by atoms with Gasteiger partial charge in [-0.05, 0) is 132 Å². The average Bonchev–Trinajstić information content (AvgIpc) is 3.42. The smallest absolute Gasteiger partial charge is 0.343 e. The molecule has 6 aromatic carbocycles. The summed E-state index contributed by atoms with van der Waals surface area (Å²) in [6.07, 6.45) is 15.1. The zero-order chi connectivity index (χ0) is 55.0. The van der Waals surface area contributed by atoms with E-state index in [0.717, 1.165) is 53.9 Å². The lowest BCUT2D eigenvalue weighted by Gasteiger charge is -2.13. The van der Waals surface area contributed by atoms with Crippen LogP contribution in [-0.2, 0) is 16.0 Å². The van der Waals surface area contributed by atoms with Crippen molar-refractivity contribution in [1.29, 1.82) is 0 Å². The third-order valence-electron chi connectivity index (χ3n) is 12.3. The van der Waals surface area contributed by atoms with Crippen LogP contribution in [0.15, 0.2) is 133 Å². The third kappa shape index (κ3) is 19.9. The summed E-state index contributed by atoms with van der Waals surface area (Å²) in [5.74, 6) is -0.562. The van der Waals surface area contributed by atoms with Crippen LogP contribution in [0.5, 0.6) is 28.7 Å². The van der Waals surface area contributed by atoms with E-state index in [1.54, 1.807) is 24.3 Å². The highest BCUT2D eigenvalue weighted by atomic mass is 35.5. The molecular weight excluding hydrogens is 1040 g/mol. The Kier molecular flexibility index (Phi) is 25.7. The summed E-state index contributed by atoms with van der Waals surface area (Å²) in [7, 11) is 0. The molecule has 0 spiro atoms. The maximum absolute atomic E-state index is 12.7. The average molecular weight is 1110 g/mol. The van der Waals surface area contributed by atoms with Crippen molar-refractivity contribution in [3.8, 4) is 51.0 Å². The molecule has 0 aliphatic heterocycles. The number of unbranched alkanes of at least 4 members (excludes halogenated alkanes) is 9. The van der Waals surface area contributed by atoms with Gasteiger partial charge in [-0.2, -0.15) is 0 Å².